The Morgan fingerprint density at radius 1 is 0.818 bits per heavy atom. The van der Waals surface area contributed by atoms with Crippen molar-refractivity contribution in [3.05, 3.63) is 0 Å². The highest BCUT2D eigenvalue weighted by Gasteiger charge is 2.02. The van der Waals surface area contributed by atoms with Crippen molar-refractivity contribution in [3.63, 3.8) is 0 Å². The quantitative estimate of drug-likeness (QED) is 0.401. The highest BCUT2D eigenvalue weighted by atomic mass is 32.3. The predicted octanol–water partition coefficient (Wildman–Crippen LogP) is 4.59. The largest absolute Gasteiger partial charge is 0.394 e. The SMILES string of the molecule is CCCCCCCCCCCCC(C)N(C)C.O=S(=O)(O)O. The molecule has 0 saturated carbocycles. The van der Waals surface area contributed by atoms with Crippen LogP contribution in [0.15, 0.2) is 0 Å². The zero-order valence-electron chi connectivity index (χ0n) is 14.9. The minimum Gasteiger partial charge on any atom is -0.307 e. The minimum absolute atomic E-state index is 0.754. The fourth-order valence-electron chi connectivity index (χ4n) is 2.19. The molecule has 6 heteroatoms. The zero-order chi connectivity index (χ0) is 17.4. The van der Waals surface area contributed by atoms with Crippen LogP contribution in [-0.4, -0.2) is 42.6 Å². The molecule has 0 aliphatic rings. The Morgan fingerprint density at radius 3 is 1.45 bits per heavy atom. The van der Waals surface area contributed by atoms with Crippen molar-refractivity contribution < 1.29 is 17.5 Å². The molecule has 0 aliphatic carbocycles. The first-order valence-corrected chi connectivity index (χ1v) is 9.94. The van der Waals surface area contributed by atoms with E-state index in [1.54, 1.807) is 0 Å². The van der Waals surface area contributed by atoms with Gasteiger partial charge in [-0.3, -0.25) is 9.11 Å². The smallest absolute Gasteiger partial charge is 0.307 e. The maximum Gasteiger partial charge on any atom is 0.394 e. The molecule has 1 unspecified atom stereocenters. The molecular weight excluding hydrogens is 302 g/mol. The maximum atomic E-state index is 8.74. The van der Waals surface area contributed by atoms with E-state index in [0.29, 0.717) is 0 Å². The van der Waals surface area contributed by atoms with E-state index in [4.69, 9.17) is 17.5 Å². The summed E-state index contributed by atoms with van der Waals surface area (Å²) in [5.74, 6) is 0. The van der Waals surface area contributed by atoms with E-state index in [1.165, 1.54) is 70.6 Å². The standard InChI is InChI=1S/C16H35N.H2O4S/c1-5-6-7-8-9-10-11-12-13-14-15-16(2)17(3)4;1-5(2,3)4/h16H,5-15H2,1-4H3;(H2,1,2,3,4). The van der Waals surface area contributed by atoms with Crippen LogP contribution in [0.2, 0.25) is 0 Å². The Bertz CT molecular complexity index is 310. The Morgan fingerprint density at radius 2 is 1.14 bits per heavy atom. The van der Waals surface area contributed by atoms with Crippen LogP contribution < -0.4 is 0 Å². The molecule has 0 aliphatic heterocycles. The molecule has 0 aromatic rings. The third-order valence-electron chi connectivity index (χ3n) is 3.86. The van der Waals surface area contributed by atoms with E-state index >= 15 is 0 Å². The summed E-state index contributed by atoms with van der Waals surface area (Å²) in [6, 6.07) is 0.754. The van der Waals surface area contributed by atoms with Gasteiger partial charge in [-0.1, -0.05) is 71.1 Å². The summed E-state index contributed by atoms with van der Waals surface area (Å²) in [7, 11) is -0.304. The predicted molar refractivity (Wildman–Crippen MR) is 93.8 cm³/mol. The van der Waals surface area contributed by atoms with E-state index in [2.05, 4.69) is 32.8 Å². The van der Waals surface area contributed by atoms with Crippen LogP contribution in [0.25, 0.3) is 0 Å². The van der Waals surface area contributed by atoms with Gasteiger partial charge in [0.1, 0.15) is 0 Å². The lowest BCUT2D eigenvalue weighted by Crippen LogP contribution is -2.24. The Hall–Kier alpha value is -0.170. The van der Waals surface area contributed by atoms with Crippen molar-refractivity contribution in [2.24, 2.45) is 0 Å². The monoisotopic (exact) mass is 339 g/mol. The van der Waals surface area contributed by atoms with E-state index in [-0.39, 0.29) is 0 Å². The molecule has 0 rings (SSSR count). The molecule has 22 heavy (non-hydrogen) atoms. The van der Waals surface area contributed by atoms with Crippen molar-refractivity contribution in [2.75, 3.05) is 14.1 Å². The second kappa shape index (κ2) is 15.7. The highest BCUT2D eigenvalue weighted by molar-refractivity contribution is 7.79. The van der Waals surface area contributed by atoms with Gasteiger partial charge in [0.2, 0.25) is 0 Å². The van der Waals surface area contributed by atoms with Gasteiger partial charge in [-0.05, 0) is 27.4 Å². The Balaban J connectivity index is 0. The average Bonchev–Trinajstić information content (AvgIpc) is 2.38. The summed E-state index contributed by atoms with van der Waals surface area (Å²) in [5, 5.41) is 0. The summed E-state index contributed by atoms with van der Waals surface area (Å²) < 4.78 is 31.6. The number of rotatable bonds is 12. The molecular formula is C16H37NO4S. The lowest BCUT2D eigenvalue weighted by molar-refractivity contribution is 0.291. The van der Waals surface area contributed by atoms with E-state index < -0.39 is 10.4 Å². The van der Waals surface area contributed by atoms with Crippen LogP contribution in [0, 0.1) is 0 Å². The van der Waals surface area contributed by atoms with Gasteiger partial charge in [0.25, 0.3) is 0 Å². The van der Waals surface area contributed by atoms with E-state index in [9.17, 15) is 0 Å². The van der Waals surface area contributed by atoms with Crippen molar-refractivity contribution in [2.45, 2.75) is 90.5 Å². The van der Waals surface area contributed by atoms with Gasteiger partial charge in [-0.25, -0.2) is 0 Å². The molecule has 0 aromatic heterocycles. The van der Waals surface area contributed by atoms with Crippen molar-refractivity contribution in [1.82, 2.24) is 4.90 Å². The molecule has 5 nitrogen and oxygen atoms in total. The first kappa shape index (κ1) is 24.1. The minimum atomic E-state index is -4.67. The molecule has 136 valence electrons. The number of unbranched alkanes of at least 4 members (excludes halogenated alkanes) is 9. The molecule has 0 amide bonds. The van der Waals surface area contributed by atoms with Crippen molar-refractivity contribution >= 4 is 10.4 Å². The first-order valence-electron chi connectivity index (χ1n) is 8.54. The van der Waals surface area contributed by atoms with E-state index in [0.717, 1.165) is 6.04 Å². The Kier molecular flexibility index (Phi) is 17.2. The second-order valence-electron chi connectivity index (χ2n) is 6.23. The van der Waals surface area contributed by atoms with Gasteiger partial charge in [0, 0.05) is 6.04 Å². The molecule has 0 radical (unpaired) electrons. The van der Waals surface area contributed by atoms with Gasteiger partial charge in [-0.15, -0.1) is 0 Å². The summed E-state index contributed by atoms with van der Waals surface area (Å²) in [6.07, 6.45) is 15.8. The normalized spacial score (nSPS) is 12.9. The Labute approximate surface area is 138 Å². The van der Waals surface area contributed by atoms with Gasteiger partial charge in [0.15, 0.2) is 0 Å². The summed E-state index contributed by atoms with van der Waals surface area (Å²) in [5.41, 5.74) is 0. The molecule has 0 heterocycles. The maximum absolute atomic E-state index is 8.74. The summed E-state index contributed by atoms with van der Waals surface area (Å²) >= 11 is 0. The zero-order valence-corrected chi connectivity index (χ0v) is 15.7. The molecule has 1 atom stereocenters. The number of hydrogen-bond donors (Lipinski definition) is 2. The van der Waals surface area contributed by atoms with Crippen LogP contribution in [0.3, 0.4) is 0 Å². The highest BCUT2D eigenvalue weighted by Crippen LogP contribution is 2.12. The summed E-state index contributed by atoms with van der Waals surface area (Å²) in [6.45, 7) is 4.61. The van der Waals surface area contributed by atoms with Crippen LogP contribution in [0.4, 0.5) is 0 Å². The molecule has 0 spiro atoms. The lowest BCUT2D eigenvalue weighted by Gasteiger charge is -2.19. The third-order valence-corrected chi connectivity index (χ3v) is 3.86. The molecule has 0 saturated heterocycles. The van der Waals surface area contributed by atoms with E-state index in [1.807, 2.05) is 0 Å². The average molecular weight is 340 g/mol. The second-order valence-corrected chi connectivity index (χ2v) is 7.13. The van der Waals surface area contributed by atoms with Gasteiger partial charge in [0.05, 0.1) is 0 Å². The fraction of sp³-hybridized carbons (Fsp3) is 1.00. The van der Waals surface area contributed by atoms with Crippen molar-refractivity contribution in [1.29, 1.82) is 0 Å². The molecule has 0 aromatic carbocycles. The van der Waals surface area contributed by atoms with Crippen LogP contribution in [0.1, 0.15) is 84.5 Å². The first-order chi connectivity index (χ1) is 10.2. The molecule has 0 fully saturated rings. The third kappa shape index (κ3) is 28.1. The van der Waals surface area contributed by atoms with Crippen LogP contribution >= 0.6 is 0 Å². The van der Waals surface area contributed by atoms with Crippen LogP contribution in [-0.2, 0) is 10.4 Å². The van der Waals surface area contributed by atoms with Crippen molar-refractivity contribution in [3.8, 4) is 0 Å². The summed E-state index contributed by atoms with van der Waals surface area (Å²) in [4.78, 5) is 2.33. The van der Waals surface area contributed by atoms with Gasteiger partial charge < -0.3 is 4.90 Å². The topological polar surface area (TPSA) is 77.8 Å². The molecule has 0 bridgehead atoms. The van der Waals surface area contributed by atoms with Crippen LogP contribution in [0.5, 0.6) is 0 Å². The number of hydrogen-bond acceptors (Lipinski definition) is 3. The lowest BCUT2D eigenvalue weighted by atomic mass is 10.0. The number of nitrogens with zero attached hydrogens (tertiary/aromatic N) is 1. The fourth-order valence-corrected chi connectivity index (χ4v) is 2.19. The van der Waals surface area contributed by atoms with Gasteiger partial charge >= 0.3 is 10.4 Å². The van der Waals surface area contributed by atoms with Gasteiger partial charge in [-0.2, -0.15) is 8.42 Å². The molecule has 2 N–H and O–H groups in total.